The van der Waals surface area contributed by atoms with E-state index in [-0.39, 0.29) is 11.1 Å². The number of hydrogen-bond acceptors (Lipinski definition) is 3. The molecule has 0 bridgehead atoms. The summed E-state index contributed by atoms with van der Waals surface area (Å²) in [6.07, 6.45) is 3.61. The highest BCUT2D eigenvalue weighted by molar-refractivity contribution is 7.90. The minimum absolute atomic E-state index is 0.0706. The van der Waals surface area contributed by atoms with Crippen molar-refractivity contribution in [3.63, 3.8) is 0 Å². The largest absolute Gasteiger partial charge is 0.293 e. The summed E-state index contributed by atoms with van der Waals surface area (Å²) in [5.41, 5.74) is -0.252. The van der Waals surface area contributed by atoms with E-state index in [4.69, 9.17) is 11.6 Å². The van der Waals surface area contributed by atoms with Crippen LogP contribution in [0.1, 0.15) is 42.5 Å². The van der Waals surface area contributed by atoms with Crippen LogP contribution in [0.5, 0.6) is 0 Å². The van der Waals surface area contributed by atoms with Gasteiger partial charge in [0.2, 0.25) is 10.0 Å². The fourth-order valence-electron chi connectivity index (χ4n) is 3.43. The summed E-state index contributed by atoms with van der Waals surface area (Å²) in [5.74, 6) is -3.53. The van der Waals surface area contributed by atoms with Gasteiger partial charge in [-0.15, -0.1) is 0 Å². The van der Waals surface area contributed by atoms with Crippen LogP contribution < -0.4 is 4.72 Å². The van der Waals surface area contributed by atoms with Crippen molar-refractivity contribution in [2.45, 2.75) is 37.4 Å². The van der Waals surface area contributed by atoms with E-state index >= 15 is 0 Å². The first-order chi connectivity index (χ1) is 13.7. The molecule has 9 heteroatoms. The van der Waals surface area contributed by atoms with Crippen molar-refractivity contribution in [2.24, 2.45) is 0 Å². The van der Waals surface area contributed by atoms with Crippen LogP contribution >= 0.6 is 11.6 Å². The predicted octanol–water partition coefficient (Wildman–Crippen LogP) is 4.86. The molecule has 0 atom stereocenters. The summed E-state index contributed by atoms with van der Waals surface area (Å²) >= 11 is 5.85. The lowest BCUT2D eigenvalue weighted by atomic mass is 10.0. The molecule has 0 amide bonds. The molecule has 0 unspecified atom stereocenters. The normalized spacial score (nSPS) is 15.4. The number of ketones is 1. The van der Waals surface area contributed by atoms with Gasteiger partial charge >= 0.3 is 0 Å². The van der Waals surface area contributed by atoms with Gasteiger partial charge in [-0.3, -0.25) is 4.79 Å². The number of halogens is 4. The van der Waals surface area contributed by atoms with E-state index < -0.39 is 55.6 Å². The molecule has 1 aliphatic carbocycles. The van der Waals surface area contributed by atoms with Crippen LogP contribution in [0.4, 0.5) is 13.2 Å². The van der Waals surface area contributed by atoms with Crippen molar-refractivity contribution in [2.75, 3.05) is 6.54 Å². The molecule has 1 fully saturated rings. The van der Waals surface area contributed by atoms with Gasteiger partial charge in [-0.05, 0) is 48.2 Å². The molecule has 156 valence electrons. The Balaban J connectivity index is 1.84. The smallest absolute Gasteiger partial charge is 0.214 e. The van der Waals surface area contributed by atoms with E-state index in [2.05, 4.69) is 4.72 Å². The quantitative estimate of drug-likeness (QED) is 0.646. The summed E-state index contributed by atoms with van der Waals surface area (Å²) in [6, 6.07) is 4.97. The van der Waals surface area contributed by atoms with E-state index in [0.29, 0.717) is 18.9 Å². The number of carbonyl (C=O) groups is 1. The van der Waals surface area contributed by atoms with Crippen LogP contribution in [0.25, 0.3) is 11.1 Å². The van der Waals surface area contributed by atoms with Gasteiger partial charge in [-0.25, -0.2) is 26.3 Å². The third-order valence-corrected chi connectivity index (χ3v) is 7.12. The Morgan fingerprint density at radius 3 is 2.17 bits per heavy atom. The molecule has 29 heavy (non-hydrogen) atoms. The van der Waals surface area contributed by atoms with E-state index in [1.807, 2.05) is 0 Å². The monoisotopic (exact) mass is 445 g/mol. The number of carbonyl (C=O) groups excluding carboxylic acids is 1. The maximum atomic E-state index is 14.4. The summed E-state index contributed by atoms with van der Waals surface area (Å²) in [6.45, 7) is -0.632. The van der Waals surface area contributed by atoms with Gasteiger partial charge in [-0.2, -0.15) is 0 Å². The predicted molar refractivity (Wildman–Crippen MR) is 105 cm³/mol. The highest BCUT2D eigenvalue weighted by Crippen LogP contribution is 2.29. The zero-order valence-electron chi connectivity index (χ0n) is 15.4. The van der Waals surface area contributed by atoms with E-state index in [9.17, 15) is 26.4 Å². The molecular formula is C20H19ClF3NO3S. The second-order valence-corrected chi connectivity index (χ2v) is 9.48. The van der Waals surface area contributed by atoms with Crippen LogP contribution in [0.2, 0.25) is 5.02 Å². The van der Waals surface area contributed by atoms with Crippen LogP contribution in [-0.4, -0.2) is 26.0 Å². The van der Waals surface area contributed by atoms with E-state index in [0.717, 1.165) is 43.5 Å². The molecule has 0 saturated heterocycles. The first-order valence-corrected chi connectivity index (χ1v) is 11.1. The molecule has 0 heterocycles. The number of hydrogen-bond donors (Lipinski definition) is 1. The summed E-state index contributed by atoms with van der Waals surface area (Å²) < 4.78 is 68.4. The molecule has 0 aliphatic heterocycles. The van der Waals surface area contributed by atoms with Crippen LogP contribution in [-0.2, 0) is 10.0 Å². The van der Waals surface area contributed by atoms with Crippen LogP contribution in [0, 0.1) is 17.5 Å². The van der Waals surface area contributed by atoms with Crippen LogP contribution in [0.3, 0.4) is 0 Å². The lowest BCUT2D eigenvalue weighted by molar-refractivity contribution is 0.0993. The van der Waals surface area contributed by atoms with Gasteiger partial charge < -0.3 is 0 Å². The van der Waals surface area contributed by atoms with Gasteiger partial charge in [0.25, 0.3) is 0 Å². The van der Waals surface area contributed by atoms with Crippen molar-refractivity contribution in [1.29, 1.82) is 0 Å². The van der Waals surface area contributed by atoms with Crippen molar-refractivity contribution in [3.8, 4) is 11.1 Å². The SMILES string of the molecule is O=C(CNS(=O)(=O)C1CCCCC1)c1cc(-c2cc(F)cc(F)c2)cc(Cl)c1F. The molecule has 4 nitrogen and oxygen atoms in total. The number of benzene rings is 2. The zero-order valence-corrected chi connectivity index (χ0v) is 16.9. The molecule has 1 aliphatic rings. The maximum absolute atomic E-state index is 14.4. The number of sulfonamides is 1. The number of nitrogens with one attached hydrogen (secondary N) is 1. The Kier molecular flexibility index (Phi) is 6.65. The highest BCUT2D eigenvalue weighted by atomic mass is 35.5. The second-order valence-electron chi connectivity index (χ2n) is 7.03. The van der Waals surface area contributed by atoms with Crippen molar-refractivity contribution < 1.29 is 26.4 Å². The number of rotatable bonds is 6. The van der Waals surface area contributed by atoms with Gasteiger partial charge in [0.05, 0.1) is 22.4 Å². The standard InChI is InChI=1S/C20H19ClF3NO3S/c21-18-9-13(12-6-14(22)10-15(23)7-12)8-17(20(18)24)19(26)11-25-29(27,28)16-4-2-1-3-5-16/h6-10,16,25H,1-5,11H2. The summed E-state index contributed by atoms with van der Waals surface area (Å²) in [4.78, 5) is 12.5. The van der Waals surface area contributed by atoms with Gasteiger partial charge in [0.1, 0.15) is 11.6 Å². The Morgan fingerprint density at radius 2 is 1.55 bits per heavy atom. The Bertz CT molecular complexity index is 1020. The highest BCUT2D eigenvalue weighted by Gasteiger charge is 2.28. The average Bonchev–Trinajstić information content (AvgIpc) is 2.68. The molecule has 2 aromatic rings. The fourth-order valence-corrected chi connectivity index (χ4v) is 5.18. The van der Waals surface area contributed by atoms with E-state index in [1.54, 1.807) is 0 Å². The Hall–Kier alpha value is -1.90. The van der Waals surface area contributed by atoms with Crippen LogP contribution in [0.15, 0.2) is 30.3 Å². The lowest BCUT2D eigenvalue weighted by Gasteiger charge is -2.21. The lowest BCUT2D eigenvalue weighted by Crippen LogP contribution is -2.38. The van der Waals surface area contributed by atoms with Crippen molar-refractivity contribution >= 4 is 27.4 Å². The summed E-state index contributed by atoms with van der Waals surface area (Å²) in [5, 5.41) is -0.982. The Labute approximate surface area is 172 Å². The maximum Gasteiger partial charge on any atom is 0.214 e. The first-order valence-electron chi connectivity index (χ1n) is 9.14. The minimum atomic E-state index is -3.71. The molecular weight excluding hydrogens is 427 g/mol. The molecule has 3 rings (SSSR count). The average molecular weight is 446 g/mol. The summed E-state index contributed by atoms with van der Waals surface area (Å²) in [7, 11) is -3.71. The molecule has 2 aromatic carbocycles. The fraction of sp³-hybridized carbons (Fsp3) is 0.350. The third-order valence-electron chi connectivity index (χ3n) is 4.95. The van der Waals surface area contributed by atoms with Gasteiger partial charge in [0, 0.05) is 6.07 Å². The minimum Gasteiger partial charge on any atom is -0.293 e. The number of Topliss-reactive ketones (excluding diaryl/α,β-unsaturated/α-hetero) is 1. The van der Waals surface area contributed by atoms with Gasteiger partial charge in [0.15, 0.2) is 11.6 Å². The van der Waals surface area contributed by atoms with Gasteiger partial charge in [-0.1, -0.05) is 30.9 Å². The van der Waals surface area contributed by atoms with Crippen molar-refractivity contribution in [3.05, 3.63) is 58.4 Å². The molecule has 1 N–H and O–H groups in total. The third kappa shape index (κ3) is 5.18. The zero-order chi connectivity index (χ0) is 21.2. The van der Waals surface area contributed by atoms with Crippen molar-refractivity contribution in [1.82, 2.24) is 4.72 Å². The first kappa shape index (κ1) is 21.8. The molecule has 0 aromatic heterocycles. The molecule has 0 radical (unpaired) electrons. The van der Waals surface area contributed by atoms with E-state index in [1.165, 1.54) is 0 Å². The molecule has 0 spiro atoms. The Morgan fingerprint density at radius 1 is 0.966 bits per heavy atom. The second kappa shape index (κ2) is 8.85. The molecule has 1 saturated carbocycles. The topological polar surface area (TPSA) is 63.2 Å².